The molecule has 0 bridgehead atoms. The third-order valence-corrected chi connectivity index (χ3v) is 4.34. The molecule has 1 N–H and O–H groups in total. The van der Waals surface area contributed by atoms with E-state index in [1.54, 1.807) is 18.2 Å². The van der Waals surface area contributed by atoms with Gasteiger partial charge in [0, 0.05) is 24.8 Å². The Morgan fingerprint density at radius 2 is 1.89 bits per heavy atom. The molecule has 0 spiro atoms. The maximum absolute atomic E-state index is 13.3. The molecule has 0 fully saturated rings. The molecule has 8 heteroatoms. The van der Waals surface area contributed by atoms with Crippen LogP contribution in [0, 0.1) is 0 Å². The Bertz CT molecular complexity index is 801. The van der Waals surface area contributed by atoms with Gasteiger partial charge in [0.15, 0.2) is 6.67 Å². The standard InChI is InChI=1S/C20H22ClF3N2O2/c1-3-10-28-19(27)25-18-9-8-16(11-17(18)21)26(2)12-14-4-6-15(7-5-14)20(23,24)13-22/h4-9,11H,3,10,12-13H2,1-2H3,(H,25,27). The number of amides is 1. The van der Waals surface area contributed by atoms with Crippen molar-refractivity contribution in [2.24, 2.45) is 0 Å². The SMILES string of the molecule is CCCOC(=O)Nc1ccc(N(C)Cc2ccc(C(F)(F)CF)cc2)cc1Cl. The molecule has 28 heavy (non-hydrogen) atoms. The van der Waals surface area contributed by atoms with E-state index in [0.29, 0.717) is 23.9 Å². The third kappa shape index (κ3) is 5.79. The monoisotopic (exact) mass is 414 g/mol. The van der Waals surface area contributed by atoms with Crippen LogP contribution in [0.5, 0.6) is 0 Å². The Hall–Kier alpha value is -2.41. The van der Waals surface area contributed by atoms with Crippen LogP contribution < -0.4 is 10.2 Å². The first-order valence-electron chi connectivity index (χ1n) is 8.74. The number of benzene rings is 2. The minimum absolute atomic E-state index is 0.320. The molecular formula is C20H22ClF3N2O2. The highest BCUT2D eigenvalue weighted by molar-refractivity contribution is 6.34. The number of anilines is 2. The molecule has 0 aliphatic carbocycles. The number of carbonyl (C=O) groups excluding carboxylic acids is 1. The molecule has 2 aromatic rings. The summed E-state index contributed by atoms with van der Waals surface area (Å²) < 4.78 is 44.0. The molecule has 0 heterocycles. The highest BCUT2D eigenvalue weighted by Crippen LogP contribution is 2.30. The molecular weight excluding hydrogens is 393 g/mol. The number of nitrogens with one attached hydrogen (secondary N) is 1. The lowest BCUT2D eigenvalue weighted by Gasteiger charge is -2.21. The lowest BCUT2D eigenvalue weighted by atomic mass is 10.1. The van der Waals surface area contributed by atoms with Crippen molar-refractivity contribution >= 4 is 29.1 Å². The average Bonchev–Trinajstić information content (AvgIpc) is 2.68. The Kier molecular flexibility index (Phi) is 7.57. The average molecular weight is 415 g/mol. The van der Waals surface area contributed by atoms with Gasteiger partial charge in [0.2, 0.25) is 0 Å². The number of ether oxygens (including phenoxy) is 1. The van der Waals surface area contributed by atoms with Gasteiger partial charge < -0.3 is 9.64 Å². The molecule has 2 aromatic carbocycles. The molecule has 4 nitrogen and oxygen atoms in total. The van der Waals surface area contributed by atoms with Gasteiger partial charge >= 0.3 is 12.0 Å². The summed E-state index contributed by atoms with van der Waals surface area (Å²) in [6.45, 7) is 0.922. The fourth-order valence-electron chi connectivity index (χ4n) is 2.48. The molecule has 1 amide bonds. The van der Waals surface area contributed by atoms with Gasteiger partial charge in [-0.3, -0.25) is 5.32 Å². The highest BCUT2D eigenvalue weighted by atomic mass is 35.5. The second-order valence-electron chi connectivity index (χ2n) is 6.32. The van der Waals surface area contributed by atoms with Gasteiger partial charge in [0.05, 0.1) is 17.3 Å². The summed E-state index contributed by atoms with van der Waals surface area (Å²) in [5, 5.41) is 2.92. The maximum atomic E-state index is 13.3. The van der Waals surface area contributed by atoms with E-state index in [0.717, 1.165) is 17.7 Å². The molecule has 2 rings (SSSR count). The van der Waals surface area contributed by atoms with E-state index in [1.807, 2.05) is 18.9 Å². The largest absolute Gasteiger partial charge is 0.449 e. The van der Waals surface area contributed by atoms with Crippen LogP contribution in [0.4, 0.5) is 29.3 Å². The second-order valence-corrected chi connectivity index (χ2v) is 6.72. The van der Waals surface area contributed by atoms with Crippen LogP contribution in [0.1, 0.15) is 24.5 Å². The molecule has 0 aliphatic heterocycles. The van der Waals surface area contributed by atoms with Crippen molar-refractivity contribution in [3.05, 3.63) is 58.6 Å². The van der Waals surface area contributed by atoms with Crippen molar-refractivity contribution in [3.8, 4) is 0 Å². The zero-order valence-corrected chi connectivity index (χ0v) is 16.4. The molecule has 0 atom stereocenters. The summed E-state index contributed by atoms with van der Waals surface area (Å²) in [7, 11) is 1.82. The number of hydrogen-bond acceptors (Lipinski definition) is 3. The van der Waals surface area contributed by atoms with Crippen LogP contribution in [0.25, 0.3) is 0 Å². The number of hydrogen-bond donors (Lipinski definition) is 1. The Morgan fingerprint density at radius 3 is 2.46 bits per heavy atom. The summed E-state index contributed by atoms with van der Waals surface area (Å²) in [6.07, 6.45) is 0.145. The summed E-state index contributed by atoms with van der Waals surface area (Å²) >= 11 is 6.23. The number of rotatable bonds is 8. The van der Waals surface area contributed by atoms with E-state index in [2.05, 4.69) is 5.32 Å². The van der Waals surface area contributed by atoms with E-state index in [1.165, 1.54) is 24.3 Å². The van der Waals surface area contributed by atoms with Crippen LogP contribution in [0.3, 0.4) is 0 Å². The molecule has 152 valence electrons. The van der Waals surface area contributed by atoms with Gasteiger partial charge in [-0.1, -0.05) is 42.8 Å². The fourth-order valence-corrected chi connectivity index (χ4v) is 2.70. The van der Waals surface area contributed by atoms with E-state index in [4.69, 9.17) is 16.3 Å². The van der Waals surface area contributed by atoms with Gasteiger partial charge in [-0.05, 0) is 30.2 Å². The minimum Gasteiger partial charge on any atom is -0.449 e. The predicted molar refractivity (Wildman–Crippen MR) is 105 cm³/mol. The first-order valence-corrected chi connectivity index (χ1v) is 9.12. The van der Waals surface area contributed by atoms with Crippen LogP contribution >= 0.6 is 11.6 Å². The van der Waals surface area contributed by atoms with Crippen molar-refractivity contribution in [2.45, 2.75) is 25.8 Å². The second kappa shape index (κ2) is 9.68. The molecule has 0 radical (unpaired) electrons. The van der Waals surface area contributed by atoms with Crippen LogP contribution in [0.15, 0.2) is 42.5 Å². The van der Waals surface area contributed by atoms with E-state index >= 15 is 0 Å². The Labute approximate surface area is 167 Å². The first-order chi connectivity index (χ1) is 13.3. The lowest BCUT2D eigenvalue weighted by Crippen LogP contribution is -2.18. The van der Waals surface area contributed by atoms with Crippen molar-refractivity contribution in [1.29, 1.82) is 0 Å². The van der Waals surface area contributed by atoms with Gasteiger partial charge in [0.25, 0.3) is 0 Å². The highest BCUT2D eigenvalue weighted by Gasteiger charge is 2.31. The number of alkyl halides is 3. The topological polar surface area (TPSA) is 41.6 Å². The number of carbonyl (C=O) groups is 1. The summed E-state index contributed by atoms with van der Waals surface area (Å²) in [5.41, 5.74) is 1.63. The summed E-state index contributed by atoms with van der Waals surface area (Å²) in [4.78, 5) is 13.5. The normalized spacial score (nSPS) is 11.2. The Balaban J connectivity index is 2.03. The minimum atomic E-state index is -3.47. The third-order valence-electron chi connectivity index (χ3n) is 4.03. The van der Waals surface area contributed by atoms with Gasteiger partial charge in [-0.2, -0.15) is 8.78 Å². The van der Waals surface area contributed by atoms with E-state index in [9.17, 15) is 18.0 Å². The number of nitrogens with zero attached hydrogens (tertiary/aromatic N) is 1. The van der Waals surface area contributed by atoms with Crippen LogP contribution in [0.2, 0.25) is 5.02 Å². The van der Waals surface area contributed by atoms with Crippen LogP contribution in [-0.4, -0.2) is 26.4 Å². The summed E-state index contributed by atoms with van der Waals surface area (Å²) in [6, 6.07) is 10.6. The van der Waals surface area contributed by atoms with Crippen molar-refractivity contribution < 1.29 is 22.7 Å². The molecule has 0 aliphatic rings. The van der Waals surface area contributed by atoms with Crippen molar-refractivity contribution in [3.63, 3.8) is 0 Å². The Morgan fingerprint density at radius 1 is 1.21 bits per heavy atom. The maximum Gasteiger partial charge on any atom is 0.411 e. The predicted octanol–water partition coefficient (Wildman–Crippen LogP) is 6.00. The molecule has 0 aromatic heterocycles. The van der Waals surface area contributed by atoms with Gasteiger partial charge in [-0.25, -0.2) is 9.18 Å². The lowest BCUT2D eigenvalue weighted by molar-refractivity contribution is -0.0280. The van der Waals surface area contributed by atoms with E-state index < -0.39 is 18.7 Å². The van der Waals surface area contributed by atoms with Gasteiger partial charge in [0.1, 0.15) is 0 Å². The molecule has 0 saturated heterocycles. The zero-order valence-electron chi connectivity index (χ0n) is 15.6. The van der Waals surface area contributed by atoms with Crippen molar-refractivity contribution in [2.75, 3.05) is 30.5 Å². The van der Waals surface area contributed by atoms with Crippen LogP contribution in [-0.2, 0) is 17.2 Å². The quantitative estimate of drug-likeness (QED) is 0.576. The van der Waals surface area contributed by atoms with Gasteiger partial charge in [-0.15, -0.1) is 0 Å². The fraction of sp³-hybridized carbons (Fsp3) is 0.350. The molecule has 0 unspecified atom stereocenters. The number of halogens is 4. The first kappa shape index (κ1) is 21.9. The zero-order chi connectivity index (χ0) is 20.7. The summed E-state index contributed by atoms with van der Waals surface area (Å²) in [5.74, 6) is -3.47. The smallest absolute Gasteiger partial charge is 0.411 e. The van der Waals surface area contributed by atoms with Crippen molar-refractivity contribution in [1.82, 2.24) is 0 Å². The van der Waals surface area contributed by atoms with E-state index in [-0.39, 0.29) is 5.56 Å². The molecule has 0 saturated carbocycles.